The largest absolute Gasteiger partial charge is 0.399 e. The Kier molecular flexibility index (Phi) is 3.19. The zero-order valence-electron chi connectivity index (χ0n) is 6.45. The standard InChI is InChI=1S/C9H10NO/c1-11-10-8-7-9-5-3-2-4-6-9/h2-3,5-6,8H,7H2,1H3. The number of benzene rings is 1. The molecule has 57 valence electrons. The number of hydrogen-bond donors (Lipinski definition) is 0. The summed E-state index contributed by atoms with van der Waals surface area (Å²) in [5, 5.41) is 3.63. The molecule has 2 heteroatoms. The second-order valence-corrected chi connectivity index (χ2v) is 2.09. The molecule has 0 saturated carbocycles. The summed E-state index contributed by atoms with van der Waals surface area (Å²) in [7, 11) is 1.54. The van der Waals surface area contributed by atoms with E-state index < -0.39 is 0 Å². The number of rotatable bonds is 3. The van der Waals surface area contributed by atoms with Crippen LogP contribution in [-0.2, 0) is 11.3 Å². The average molecular weight is 148 g/mol. The van der Waals surface area contributed by atoms with E-state index in [1.807, 2.05) is 24.3 Å². The predicted molar refractivity (Wildman–Crippen MR) is 44.5 cm³/mol. The van der Waals surface area contributed by atoms with Crippen LogP contribution in [0.1, 0.15) is 5.56 Å². The van der Waals surface area contributed by atoms with Crippen LogP contribution in [-0.4, -0.2) is 13.3 Å². The van der Waals surface area contributed by atoms with E-state index in [2.05, 4.69) is 16.1 Å². The van der Waals surface area contributed by atoms with Crippen molar-refractivity contribution in [2.24, 2.45) is 5.16 Å². The van der Waals surface area contributed by atoms with Crippen molar-refractivity contribution >= 4 is 6.21 Å². The average Bonchev–Trinajstić information content (AvgIpc) is 2.07. The van der Waals surface area contributed by atoms with Crippen LogP contribution < -0.4 is 0 Å². The molecule has 1 aromatic carbocycles. The first-order valence-corrected chi connectivity index (χ1v) is 3.43. The summed E-state index contributed by atoms with van der Waals surface area (Å²) in [6.45, 7) is 0. The molecule has 0 aliphatic heterocycles. The van der Waals surface area contributed by atoms with Crippen LogP contribution in [0.15, 0.2) is 29.4 Å². The summed E-state index contributed by atoms with van der Waals surface area (Å²) in [6.07, 6.45) is 2.52. The lowest BCUT2D eigenvalue weighted by Gasteiger charge is -1.91. The van der Waals surface area contributed by atoms with Gasteiger partial charge in [-0.25, -0.2) is 0 Å². The van der Waals surface area contributed by atoms with Gasteiger partial charge in [0, 0.05) is 12.6 Å². The third-order valence-electron chi connectivity index (χ3n) is 1.28. The van der Waals surface area contributed by atoms with Crippen LogP contribution in [0.5, 0.6) is 0 Å². The highest BCUT2D eigenvalue weighted by atomic mass is 16.6. The molecule has 0 heterocycles. The van der Waals surface area contributed by atoms with Gasteiger partial charge in [-0.1, -0.05) is 29.4 Å². The molecule has 0 bridgehead atoms. The van der Waals surface area contributed by atoms with Gasteiger partial charge in [-0.2, -0.15) is 0 Å². The van der Waals surface area contributed by atoms with Gasteiger partial charge in [0.25, 0.3) is 0 Å². The molecular formula is C9H10NO. The lowest BCUT2D eigenvalue weighted by Crippen LogP contribution is -1.85. The maximum atomic E-state index is 4.52. The molecule has 11 heavy (non-hydrogen) atoms. The first kappa shape index (κ1) is 7.79. The van der Waals surface area contributed by atoms with E-state index in [9.17, 15) is 0 Å². The fourth-order valence-corrected chi connectivity index (χ4v) is 0.775. The Bertz CT molecular complexity index is 218. The smallest absolute Gasteiger partial charge is 0.106 e. The van der Waals surface area contributed by atoms with Crippen LogP contribution in [0, 0.1) is 6.07 Å². The van der Waals surface area contributed by atoms with Crippen LogP contribution in [0.25, 0.3) is 0 Å². The van der Waals surface area contributed by atoms with Gasteiger partial charge in [0.15, 0.2) is 0 Å². The minimum Gasteiger partial charge on any atom is -0.399 e. The molecule has 0 N–H and O–H groups in total. The van der Waals surface area contributed by atoms with E-state index in [0.717, 1.165) is 6.42 Å². The van der Waals surface area contributed by atoms with E-state index >= 15 is 0 Å². The second-order valence-electron chi connectivity index (χ2n) is 2.09. The Hall–Kier alpha value is -1.31. The van der Waals surface area contributed by atoms with E-state index in [0.29, 0.717) is 0 Å². The van der Waals surface area contributed by atoms with Gasteiger partial charge in [-0.15, -0.1) is 0 Å². The lowest BCUT2D eigenvalue weighted by atomic mass is 10.2. The quantitative estimate of drug-likeness (QED) is 0.472. The maximum absolute atomic E-state index is 4.52. The third kappa shape index (κ3) is 2.85. The fourth-order valence-electron chi connectivity index (χ4n) is 0.775. The molecule has 0 fully saturated rings. The van der Waals surface area contributed by atoms with Gasteiger partial charge in [-0.05, 0) is 11.6 Å². The van der Waals surface area contributed by atoms with Crippen molar-refractivity contribution in [1.29, 1.82) is 0 Å². The van der Waals surface area contributed by atoms with Crippen molar-refractivity contribution in [1.82, 2.24) is 0 Å². The molecule has 0 saturated heterocycles. The molecule has 1 rings (SSSR count). The molecule has 1 radical (unpaired) electrons. The van der Waals surface area contributed by atoms with Gasteiger partial charge in [-0.3, -0.25) is 0 Å². The monoisotopic (exact) mass is 148 g/mol. The molecular weight excluding hydrogens is 138 g/mol. The molecule has 2 nitrogen and oxygen atoms in total. The highest BCUT2D eigenvalue weighted by Gasteiger charge is 1.85. The Morgan fingerprint density at radius 1 is 1.73 bits per heavy atom. The first-order valence-electron chi connectivity index (χ1n) is 3.43. The van der Waals surface area contributed by atoms with Crippen molar-refractivity contribution in [2.75, 3.05) is 7.11 Å². The minimum atomic E-state index is 0.797. The molecule has 0 atom stereocenters. The van der Waals surface area contributed by atoms with E-state index in [1.165, 1.54) is 12.7 Å². The Morgan fingerprint density at radius 3 is 3.27 bits per heavy atom. The van der Waals surface area contributed by atoms with Crippen molar-refractivity contribution in [2.45, 2.75) is 6.42 Å². The molecule has 0 spiro atoms. The normalized spacial score (nSPS) is 10.3. The van der Waals surface area contributed by atoms with Crippen molar-refractivity contribution < 1.29 is 4.84 Å². The third-order valence-corrected chi connectivity index (χ3v) is 1.28. The second kappa shape index (κ2) is 4.50. The van der Waals surface area contributed by atoms with E-state index in [4.69, 9.17) is 0 Å². The van der Waals surface area contributed by atoms with E-state index in [1.54, 1.807) is 6.21 Å². The summed E-state index contributed by atoms with van der Waals surface area (Å²) in [4.78, 5) is 4.52. The Labute approximate surface area is 66.5 Å². The Balaban J connectivity index is 2.45. The van der Waals surface area contributed by atoms with Gasteiger partial charge in [0.1, 0.15) is 7.11 Å². The van der Waals surface area contributed by atoms with Gasteiger partial charge < -0.3 is 4.84 Å². The summed E-state index contributed by atoms with van der Waals surface area (Å²) in [5.41, 5.74) is 1.19. The molecule has 0 aliphatic rings. The van der Waals surface area contributed by atoms with E-state index in [-0.39, 0.29) is 0 Å². The molecule has 0 aromatic heterocycles. The van der Waals surface area contributed by atoms with Crippen molar-refractivity contribution in [3.63, 3.8) is 0 Å². The number of hydrogen-bond acceptors (Lipinski definition) is 2. The van der Waals surface area contributed by atoms with Crippen LogP contribution in [0.4, 0.5) is 0 Å². The summed E-state index contributed by atoms with van der Waals surface area (Å²) in [6, 6.07) is 10.8. The Morgan fingerprint density at radius 2 is 2.64 bits per heavy atom. The van der Waals surface area contributed by atoms with Crippen molar-refractivity contribution in [3.05, 3.63) is 35.9 Å². The van der Waals surface area contributed by atoms with Crippen LogP contribution in [0.2, 0.25) is 0 Å². The minimum absolute atomic E-state index is 0.797. The lowest BCUT2D eigenvalue weighted by molar-refractivity contribution is 0.215. The summed E-state index contributed by atoms with van der Waals surface area (Å²) < 4.78 is 0. The predicted octanol–water partition coefficient (Wildman–Crippen LogP) is 1.66. The highest BCUT2D eigenvalue weighted by Crippen LogP contribution is 1.96. The van der Waals surface area contributed by atoms with Crippen molar-refractivity contribution in [3.8, 4) is 0 Å². The number of oxime groups is 1. The summed E-state index contributed by atoms with van der Waals surface area (Å²) >= 11 is 0. The fraction of sp³-hybridized carbons (Fsp3) is 0.222. The summed E-state index contributed by atoms with van der Waals surface area (Å²) in [5.74, 6) is 0. The molecule has 0 unspecified atom stereocenters. The van der Waals surface area contributed by atoms with Gasteiger partial charge in [0.2, 0.25) is 0 Å². The zero-order chi connectivity index (χ0) is 7.94. The first-order chi connectivity index (χ1) is 5.43. The maximum Gasteiger partial charge on any atom is 0.106 e. The van der Waals surface area contributed by atoms with Gasteiger partial charge in [0.05, 0.1) is 0 Å². The number of nitrogens with zero attached hydrogens (tertiary/aromatic N) is 1. The highest BCUT2D eigenvalue weighted by molar-refractivity contribution is 5.60. The topological polar surface area (TPSA) is 21.6 Å². The molecule has 0 aliphatic carbocycles. The zero-order valence-corrected chi connectivity index (χ0v) is 6.45. The molecule has 0 amide bonds. The van der Waals surface area contributed by atoms with Crippen LogP contribution >= 0.6 is 0 Å². The van der Waals surface area contributed by atoms with Gasteiger partial charge >= 0.3 is 0 Å². The molecule has 1 aromatic rings. The van der Waals surface area contributed by atoms with Crippen LogP contribution in [0.3, 0.4) is 0 Å². The SMILES string of the molecule is CON=CCc1c[c]ccc1.